The molecule has 0 aromatic rings. The first-order valence-electron chi connectivity index (χ1n) is 3.67. The second-order valence-corrected chi connectivity index (χ2v) is 2.69. The van der Waals surface area contributed by atoms with E-state index in [0.717, 1.165) is 24.2 Å². The Morgan fingerprint density at radius 1 is 1.23 bits per heavy atom. The molecule has 1 aliphatic rings. The second-order valence-electron chi connectivity index (χ2n) is 2.32. The summed E-state index contributed by atoms with van der Waals surface area (Å²) < 4.78 is 0. The van der Waals surface area contributed by atoms with Gasteiger partial charge in [0.1, 0.15) is 0 Å². The maximum Gasteiger partial charge on any atom is 0.0934 e. The first-order chi connectivity index (χ1) is 6.36. The van der Waals surface area contributed by atoms with Crippen molar-refractivity contribution in [1.82, 2.24) is 0 Å². The van der Waals surface area contributed by atoms with E-state index in [2.05, 4.69) is 50.5 Å². The predicted octanol–water partition coefficient (Wildman–Crippen LogP) is 2.91. The molecule has 1 aliphatic carbocycles. The Balaban J connectivity index is 2.89. The molecule has 0 radical (unpaired) electrons. The van der Waals surface area contributed by atoms with Crippen LogP contribution in [0.4, 0.5) is 0 Å². The zero-order valence-electron chi connectivity index (χ0n) is 6.78. The van der Waals surface area contributed by atoms with E-state index in [0.29, 0.717) is 0 Å². The van der Waals surface area contributed by atoms with Gasteiger partial charge in [-0.05, 0) is 43.0 Å². The van der Waals surface area contributed by atoms with Gasteiger partial charge < -0.3 is 0 Å². The van der Waals surface area contributed by atoms with Crippen LogP contribution >= 0.6 is 24.4 Å². The van der Waals surface area contributed by atoms with Crippen molar-refractivity contribution in [2.75, 3.05) is 0 Å². The fourth-order valence-corrected chi connectivity index (χ4v) is 1.16. The minimum Gasteiger partial charge on any atom is -0.199 e. The molecule has 0 aliphatic heterocycles. The first kappa shape index (κ1) is 9.94. The van der Waals surface area contributed by atoms with Crippen LogP contribution in [0.3, 0.4) is 0 Å². The third-order valence-electron chi connectivity index (χ3n) is 1.51. The van der Waals surface area contributed by atoms with Gasteiger partial charge in [-0.2, -0.15) is 9.98 Å². The molecule has 0 saturated heterocycles. The molecule has 4 heteroatoms. The smallest absolute Gasteiger partial charge is 0.0934 e. The van der Waals surface area contributed by atoms with Crippen molar-refractivity contribution < 1.29 is 0 Å². The Kier molecular flexibility index (Phi) is 4.20. The molecule has 0 N–H and O–H groups in total. The van der Waals surface area contributed by atoms with Crippen molar-refractivity contribution in [2.24, 2.45) is 9.98 Å². The molecule has 0 aromatic carbocycles. The fraction of sp³-hybridized carbons (Fsp3) is 0.222. The van der Waals surface area contributed by atoms with Gasteiger partial charge in [0.25, 0.3) is 0 Å². The van der Waals surface area contributed by atoms with Crippen molar-refractivity contribution in [3.63, 3.8) is 0 Å². The standard InChI is InChI=1S/C9H6N2S2/c12-6-10-8-2-1-3-9(5-4-8)11-7-13/h1-2H,4-5H2. The van der Waals surface area contributed by atoms with Gasteiger partial charge in [-0.25, -0.2) is 0 Å². The number of hydrogen-bond acceptors (Lipinski definition) is 4. The molecule has 64 valence electrons. The summed E-state index contributed by atoms with van der Waals surface area (Å²) in [6, 6.07) is 0. The Morgan fingerprint density at radius 3 is 2.69 bits per heavy atom. The number of allylic oxidation sites excluding steroid dienone is 3. The van der Waals surface area contributed by atoms with Crippen LogP contribution in [0, 0.1) is 0 Å². The zero-order chi connectivity index (χ0) is 9.52. The Bertz CT molecular complexity index is 388. The zero-order valence-corrected chi connectivity index (χ0v) is 8.41. The summed E-state index contributed by atoms with van der Waals surface area (Å²) in [4.78, 5) is 7.75. The Morgan fingerprint density at radius 2 is 2.00 bits per heavy atom. The minimum atomic E-state index is 0.756. The average Bonchev–Trinajstić information content (AvgIpc) is 2.33. The lowest BCUT2D eigenvalue weighted by atomic mass is 10.2. The summed E-state index contributed by atoms with van der Waals surface area (Å²) in [5.41, 5.74) is 4.65. The summed E-state index contributed by atoms with van der Waals surface area (Å²) in [5, 5.41) is 4.64. The third kappa shape index (κ3) is 3.39. The summed E-state index contributed by atoms with van der Waals surface area (Å²) in [7, 11) is 0. The molecular weight excluding hydrogens is 200 g/mol. The number of isothiocyanates is 2. The average molecular weight is 206 g/mol. The van der Waals surface area contributed by atoms with Crippen LogP contribution in [-0.4, -0.2) is 10.3 Å². The van der Waals surface area contributed by atoms with E-state index in [1.54, 1.807) is 6.08 Å². The SMILES string of the molecule is S=C=NC1=C=CC=C(N=C=S)CC1. The van der Waals surface area contributed by atoms with E-state index in [1.165, 1.54) is 0 Å². The number of nitrogens with zero attached hydrogens (tertiary/aromatic N) is 2. The van der Waals surface area contributed by atoms with Crippen LogP contribution in [0.15, 0.2) is 39.3 Å². The van der Waals surface area contributed by atoms with Gasteiger partial charge in [0.05, 0.1) is 21.7 Å². The predicted molar refractivity (Wildman–Crippen MR) is 59.0 cm³/mol. The molecule has 0 unspecified atom stereocenters. The van der Waals surface area contributed by atoms with Crippen molar-refractivity contribution in [3.8, 4) is 0 Å². The summed E-state index contributed by atoms with van der Waals surface area (Å²) in [6.45, 7) is 0. The maximum atomic E-state index is 4.51. The molecule has 0 heterocycles. The highest BCUT2D eigenvalue weighted by molar-refractivity contribution is 7.78. The van der Waals surface area contributed by atoms with Crippen molar-refractivity contribution in [2.45, 2.75) is 12.8 Å². The summed E-state index contributed by atoms with van der Waals surface area (Å²) in [5.74, 6) is 0. The van der Waals surface area contributed by atoms with E-state index in [-0.39, 0.29) is 0 Å². The van der Waals surface area contributed by atoms with Gasteiger partial charge in [0, 0.05) is 6.42 Å². The highest BCUT2D eigenvalue weighted by Crippen LogP contribution is 2.15. The molecule has 0 bridgehead atoms. The van der Waals surface area contributed by atoms with Gasteiger partial charge >= 0.3 is 0 Å². The van der Waals surface area contributed by atoms with E-state index >= 15 is 0 Å². The van der Waals surface area contributed by atoms with Gasteiger partial charge in [0.2, 0.25) is 0 Å². The van der Waals surface area contributed by atoms with Crippen LogP contribution in [0.25, 0.3) is 0 Å². The monoisotopic (exact) mass is 206 g/mol. The van der Waals surface area contributed by atoms with Crippen LogP contribution in [0.5, 0.6) is 0 Å². The van der Waals surface area contributed by atoms with Crippen LogP contribution in [-0.2, 0) is 0 Å². The minimum absolute atomic E-state index is 0.756. The van der Waals surface area contributed by atoms with Gasteiger partial charge in [-0.1, -0.05) is 5.73 Å². The largest absolute Gasteiger partial charge is 0.199 e. The van der Waals surface area contributed by atoms with E-state index < -0.39 is 0 Å². The van der Waals surface area contributed by atoms with Crippen molar-refractivity contribution >= 4 is 34.8 Å². The number of aliphatic imine (C=N–C) groups is 2. The summed E-state index contributed by atoms with van der Waals surface area (Å²) in [6.07, 6.45) is 5.13. The fourth-order valence-electron chi connectivity index (χ4n) is 0.931. The van der Waals surface area contributed by atoms with Crippen LogP contribution < -0.4 is 0 Å². The maximum absolute atomic E-state index is 4.51. The van der Waals surface area contributed by atoms with Crippen molar-refractivity contribution in [3.05, 3.63) is 29.3 Å². The van der Waals surface area contributed by atoms with Gasteiger partial charge in [-0.15, -0.1) is 0 Å². The third-order valence-corrected chi connectivity index (χ3v) is 1.70. The highest BCUT2D eigenvalue weighted by atomic mass is 32.1. The van der Waals surface area contributed by atoms with E-state index in [9.17, 15) is 0 Å². The number of rotatable bonds is 2. The molecule has 13 heavy (non-hydrogen) atoms. The lowest BCUT2D eigenvalue weighted by Crippen LogP contribution is -1.80. The number of thiocarbonyl (C=S) groups is 2. The lowest BCUT2D eigenvalue weighted by molar-refractivity contribution is 0.912. The van der Waals surface area contributed by atoms with Crippen LogP contribution in [0.1, 0.15) is 12.8 Å². The Hall–Kier alpha value is -1.14. The lowest BCUT2D eigenvalue weighted by Gasteiger charge is -1.94. The second kappa shape index (κ2) is 5.50. The van der Waals surface area contributed by atoms with E-state index in [1.807, 2.05) is 6.08 Å². The quantitative estimate of drug-likeness (QED) is 0.394. The number of hydrogen-bond donors (Lipinski definition) is 0. The molecule has 0 amide bonds. The molecule has 0 atom stereocenters. The van der Waals surface area contributed by atoms with E-state index in [4.69, 9.17) is 0 Å². The molecule has 2 nitrogen and oxygen atoms in total. The van der Waals surface area contributed by atoms with Gasteiger partial charge in [0.15, 0.2) is 0 Å². The first-order valence-corrected chi connectivity index (χ1v) is 4.49. The molecule has 0 saturated carbocycles. The summed E-state index contributed by atoms with van der Waals surface area (Å²) >= 11 is 9.00. The highest BCUT2D eigenvalue weighted by Gasteiger charge is 2.00. The molecule has 1 rings (SSSR count). The normalized spacial score (nSPS) is 14.5. The molecule has 0 fully saturated rings. The van der Waals surface area contributed by atoms with Crippen molar-refractivity contribution in [1.29, 1.82) is 0 Å². The topological polar surface area (TPSA) is 24.7 Å². The molecule has 0 spiro atoms. The Labute approximate surface area is 87.1 Å². The van der Waals surface area contributed by atoms with Crippen LogP contribution in [0.2, 0.25) is 0 Å². The van der Waals surface area contributed by atoms with Gasteiger partial charge in [-0.3, -0.25) is 0 Å². The molecule has 0 aromatic heterocycles. The molecular formula is C9H6N2S2.